The van der Waals surface area contributed by atoms with Gasteiger partial charge in [-0.3, -0.25) is 0 Å². The van der Waals surface area contributed by atoms with Gasteiger partial charge in [0.15, 0.2) is 11.6 Å². The molecule has 0 aliphatic rings. The molecule has 0 heterocycles. The zero-order chi connectivity index (χ0) is 15.2. The van der Waals surface area contributed by atoms with Gasteiger partial charge in [-0.25, -0.2) is 4.39 Å². The molecule has 2 rings (SSSR count). The van der Waals surface area contributed by atoms with Crippen LogP contribution in [0.15, 0.2) is 42.5 Å². The first-order valence-electron chi connectivity index (χ1n) is 6.82. The molecule has 0 spiro atoms. The molecular formula is C17H20FNO2. The van der Waals surface area contributed by atoms with Crippen molar-refractivity contribution in [2.45, 2.75) is 12.5 Å². The molecule has 0 radical (unpaired) electrons. The summed E-state index contributed by atoms with van der Waals surface area (Å²) in [6, 6.07) is 12.9. The number of ether oxygens (including phenoxy) is 2. The van der Waals surface area contributed by atoms with Crippen LogP contribution in [0.5, 0.6) is 11.5 Å². The number of benzene rings is 2. The summed E-state index contributed by atoms with van der Waals surface area (Å²) in [7, 11) is 5.00. The standard InChI is InChI=1S/C17H20FNO2/c1-19-15(13-6-4-5-7-16(13)20-2)11-12-8-9-17(21-3)14(18)10-12/h4-10,15,19H,11H2,1-3H3. The van der Waals surface area contributed by atoms with Crippen LogP contribution in [0.2, 0.25) is 0 Å². The number of halogens is 1. The van der Waals surface area contributed by atoms with Crippen LogP contribution in [-0.4, -0.2) is 21.3 Å². The topological polar surface area (TPSA) is 30.5 Å². The average Bonchev–Trinajstić information content (AvgIpc) is 2.52. The largest absolute Gasteiger partial charge is 0.496 e. The third-order valence-electron chi connectivity index (χ3n) is 3.52. The molecule has 0 aromatic heterocycles. The third-order valence-corrected chi connectivity index (χ3v) is 3.52. The predicted octanol–water partition coefficient (Wildman–Crippen LogP) is 3.35. The van der Waals surface area contributed by atoms with Crippen LogP contribution in [0.1, 0.15) is 17.2 Å². The number of likely N-dealkylation sites (N-methyl/N-ethyl adjacent to an activating group) is 1. The Balaban J connectivity index is 2.25. The lowest BCUT2D eigenvalue weighted by molar-refractivity contribution is 0.385. The van der Waals surface area contributed by atoms with Crippen molar-refractivity contribution in [3.05, 3.63) is 59.4 Å². The highest BCUT2D eigenvalue weighted by molar-refractivity contribution is 5.37. The molecule has 0 aliphatic carbocycles. The molecule has 0 amide bonds. The molecule has 21 heavy (non-hydrogen) atoms. The van der Waals surface area contributed by atoms with Crippen molar-refractivity contribution in [3.63, 3.8) is 0 Å². The summed E-state index contributed by atoms with van der Waals surface area (Å²) in [6.45, 7) is 0. The maximum atomic E-state index is 13.8. The smallest absolute Gasteiger partial charge is 0.165 e. The fourth-order valence-corrected chi connectivity index (χ4v) is 2.39. The molecule has 0 saturated heterocycles. The lowest BCUT2D eigenvalue weighted by Crippen LogP contribution is -2.19. The van der Waals surface area contributed by atoms with Crippen LogP contribution in [0.3, 0.4) is 0 Å². The van der Waals surface area contributed by atoms with Crippen LogP contribution >= 0.6 is 0 Å². The Kier molecular flexibility index (Phi) is 5.17. The van der Waals surface area contributed by atoms with E-state index >= 15 is 0 Å². The van der Waals surface area contributed by atoms with Gasteiger partial charge in [0, 0.05) is 11.6 Å². The van der Waals surface area contributed by atoms with E-state index in [1.807, 2.05) is 37.4 Å². The Bertz CT molecular complexity index is 601. The number of para-hydroxylation sites is 1. The predicted molar refractivity (Wildman–Crippen MR) is 81.5 cm³/mol. The van der Waals surface area contributed by atoms with Gasteiger partial charge in [-0.2, -0.15) is 0 Å². The van der Waals surface area contributed by atoms with Crippen LogP contribution in [0, 0.1) is 5.82 Å². The quantitative estimate of drug-likeness (QED) is 0.884. The second-order valence-electron chi connectivity index (χ2n) is 4.76. The van der Waals surface area contributed by atoms with Gasteiger partial charge in [0.2, 0.25) is 0 Å². The minimum Gasteiger partial charge on any atom is -0.496 e. The molecule has 4 heteroatoms. The molecule has 0 bridgehead atoms. The molecule has 1 atom stereocenters. The molecular weight excluding hydrogens is 269 g/mol. The second kappa shape index (κ2) is 7.09. The van der Waals surface area contributed by atoms with Crippen LogP contribution in [0.25, 0.3) is 0 Å². The van der Waals surface area contributed by atoms with Crippen LogP contribution in [-0.2, 0) is 6.42 Å². The molecule has 1 unspecified atom stereocenters. The van der Waals surface area contributed by atoms with E-state index in [2.05, 4.69) is 5.32 Å². The van der Waals surface area contributed by atoms with Crippen molar-refractivity contribution in [1.82, 2.24) is 5.32 Å². The van der Waals surface area contributed by atoms with Gasteiger partial charge in [0.05, 0.1) is 14.2 Å². The van der Waals surface area contributed by atoms with Gasteiger partial charge in [-0.15, -0.1) is 0 Å². The van der Waals surface area contributed by atoms with Crippen molar-refractivity contribution in [2.24, 2.45) is 0 Å². The Labute approximate surface area is 124 Å². The monoisotopic (exact) mass is 289 g/mol. The van der Waals surface area contributed by atoms with E-state index in [-0.39, 0.29) is 17.6 Å². The highest BCUT2D eigenvalue weighted by Gasteiger charge is 2.15. The first-order valence-corrected chi connectivity index (χ1v) is 6.82. The molecule has 2 aromatic rings. The summed E-state index contributed by atoms with van der Waals surface area (Å²) in [6.07, 6.45) is 0.664. The van der Waals surface area contributed by atoms with Crippen LogP contribution < -0.4 is 14.8 Å². The van der Waals surface area contributed by atoms with Gasteiger partial charge in [-0.05, 0) is 37.2 Å². The number of hydrogen-bond acceptors (Lipinski definition) is 3. The van der Waals surface area contributed by atoms with Gasteiger partial charge in [0.1, 0.15) is 5.75 Å². The second-order valence-corrected chi connectivity index (χ2v) is 4.76. The third kappa shape index (κ3) is 3.52. The number of methoxy groups -OCH3 is 2. The summed E-state index contributed by atoms with van der Waals surface area (Å²) in [5.74, 6) is 0.743. The maximum Gasteiger partial charge on any atom is 0.165 e. The van der Waals surface area contributed by atoms with E-state index in [1.54, 1.807) is 13.2 Å². The Hall–Kier alpha value is -2.07. The summed E-state index contributed by atoms with van der Waals surface area (Å²) in [5.41, 5.74) is 1.96. The minimum atomic E-state index is -0.343. The Morgan fingerprint density at radius 3 is 2.38 bits per heavy atom. The highest BCUT2D eigenvalue weighted by atomic mass is 19.1. The Morgan fingerprint density at radius 1 is 1.05 bits per heavy atom. The molecule has 2 aromatic carbocycles. The van der Waals surface area contributed by atoms with Crippen molar-refractivity contribution in [3.8, 4) is 11.5 Å². The van der Waals surface area contributed by atoms with E-state index in [0.29, 0.717) is 6.42 Å². The molecule has 0 aliphatic heterocycles. The minimum absolute atomic E-state index is 0.0499. The normalized spacial score (nSPS) is 12.0. The first kappa shape index (κ1) is 15.3. The molecule has 112 valence electrons. The fourth-order valence-electron chi connectivity index (χ4n) is 2.39. The van der Waals surface area contributed by atoms with Gasteiger partial charge in [-0.1, -0.05) is 24.3 Å². The van der Waals surface area contributed by atoms with Crippen molar-refractivity contribution >= 4 is 0 Å². The van der Waals surface area contributed by atoms with E-state index in [0.717, 1.165) is 16.9 Å². The van der Waals surface area contributed by atoms with Gasteiger partial charge < -0.3 is 14.8 Å². The maximum absolute atomic E-state index is 13.8. The van der Waals surface area contributed by atoms with Crippen molar-refractivity contribution < 1.29 is 13.9 Å². The van der Waals surface area contributed by atoms with E-state index in [1.165, 1.54) is 13.2 Å². The van der Waals surface area contributed by atoms with Crippen molar-refractivity contribution in [1.29, 1.82) is 0 Å². The average molecular weight is 289 g/mol. The van der Waals surface area contributed by atoms with E-state index in [4.69, 9.17) is 9.47 Å². The Morgan fingerprint density at radius 2 is 1.76 bits per heavy atom. The lowest BCUT2D eigenvalue weighted by Gasteiger charge is -2.19. The SMILES string of the molecule is CNC(Cc1ccc(OC)c(F)c1)c1ccccc1OC. The number of rotatable bonds is 6. The number of hydrogen-bond donors (Lipinski definition) is 1. The zero-order valence-corrected chi connectivity index (χ0v) is 12.5. The van der Waals surface area contributed by atoms with Gasteiger partial charge >= 0.3 is 0 Å². The highest BCUT2D eigenvalue weighted by Crippen LogP contribution is 2.28. The molecule has 1 N–H and O–H groups in total. The summed E-state index contributed by atoms with van der Waals surface area (Å²) < 4.78 is 24.1. The zero-order valence-electron chi connectivity index (χ0n) is 12.5. The molecule has 0 saturated carbocycles. The van der Waals surface area contributed by atoms with E-state index < -0.39 is 0 Å². The number of nitrogens with one attached hydrogen (secondary N) is 1. The summed E-state index contributed by atoms with van der Waals surface area (Å²) in [4.78, 5) is 0. The molecule has 3 nitrogen and oxygen atoms in total. The summed E-state index contributed by atoms with van der Waals surface area (Å²) in [5, 5.41) is 3.26. The van der Waals surface area contributed by atoms with Crippen molar-refractivity contribution in [2.75, 3.05) is 21.3 Å². The van der Waals surface area contributed by atoms with Crippen LogP contribution in [0.4, 0.5) is 4.39 Å². The van der Waals surface area contributed by atoms with E-state index in [9.17, 15) is 4.39 Å². The van der Waals surface area contributed by atoms with Gasteiger partial charge in [0.25, 0.3) is 0 Å². The molecule has 0 fully saturated rings. The fraction of sp³-hybridized carbons (Fsp3) is 0.294. The lowest BCUT2D eigenvalue weighted by atomic mass is 9.98. The first-order chi connectivity index (χ1) is 10.2. The summed E-state index contributed by atoms with van der Waals surface area (Å²) >= 11 is 0.